The minimum atomic E-state index is -0.834. The van der Waals surface area contributed by atoms with Crippen molar-refractivity contribution in [1.29, 1.82) is 0 Å². The number of aliphatic carboxylic acids is 1. The number of nitrogens with one attached hydrogen (secondary N) is 1. The summed E-state index contributed by atoms with van der Waals surface area (Å²) in [7, 11) is 1.47. The van der Waals surface area contributed by atoms with Crippen molar-refractivity contribution in [2.75, 3.05) is 20.3 Å². The van der Waals surface area contributed by atoms with E-state index in [-0.39, 0.29) is 19.1 Å². The second-order valence-electron chi connectivity index (χ2n) is 5.28. The molecule has 0 aromatic heterocycles. The molecule has 0 aromatic carbocycles. The van der Waals surface area contributed by atoms with Gasteiger partial charge in [0.15, 0.2) is 0 Å². The van der Waals surface area contributed by atoms with E-state index in [1.165, 1.54) is 7.11 Å². The molecule has 1 atom stereocenters. The van der Waals surface area contributed by atoms with Crippen LogP contribution in [-0.4, -0.2) is 43.3 Å². The third kappa shape index (κ3) is 4.47. The molecule has 1 rings (SSSR count). The van der Waals surface area contributed by atoms with Crippen molar-refractivity contribution in [1.82, 2.24) is 5.32 Å². The Labute approximate surface area is 113 Å². The van der Waals surface area contributed by atoms with E-state index >= 15 is 0 Å². The lowest BCUT2D eigenvalue weighted by atomic mass is 9.80. The molecule has 1 saturated carbocycles. The summed E-state index contributed by atoms with van der Waals surface area (Å²) in [5.41, 5.74) is 4.77. The molecule has 0 spiro atoms. The van der Waals surface area contributed by atoms with Crippen LogP contribution in [0.4, 0.5) is 0 Å². The van der Waals surface area contributed by atoms with Gasteiger partial charge < -0.3 is 20.9 Å². The summed E-state index contributed by atoms with van der Waals surface area (Å²) >= 11 is 0. The molecule has 6 nitrogen and oxygen atoms in total. The molecule has 1 amide bonds. The van der Waals surface area contributed by atoms with E-state index in [0.717, 1.165) is 25.7 Å². The van der Waals surface area contributed by atoms with E-state index in [9.17, 15) is 14.7 Å². The first-order valence-corrected chi connectivity index (χ1v) is 6.77. The van der Waals surface area contributed by atoms with E-state index in [2.05, 4.69) is 5.32 Å². The molecule has 0 saturated heterocycles. The third-order valence-corrected chi connectivity index (χ3v) is 3.80. The van der Waals surface area contributed by atoms with E-state index in [1.807, 2.05) is 0 Å². The molecule has 0 aliphatic heterocycles. The highest BCUT2D eigenvalue weighted by Crippen LogP contribution is 2.34. The van der Waals surface area contributed by atoms with Crippen molar-refractivity contribution in [3.8, 4) is 0 Å². The fraction of sp³-hybridized carbons (Fsp3) is 0.846. The molecule has 6 heteroatoms. The average Bonchev–Trinajstić information content (AvgIpc) is 2.62. The number of hydrogen-bond acceptors (Lipinski definition) is 4. The van der Waals surface area contributed by atoms with Gasteiger partial charge in [0.05, 0.1) is 12.0 Å². The number of amides is 1. The SMILES string of the molecule is COCC(N)C(=O)NCC1(C(=O)O)CCCCCC1. The largest absolute Gasteiger partial charge is 0.481 e. The lowest BCUT2D eigenvalue weighted by Gasteiger charge is -2.28. The van der Waals surface area contributed by atoms with Gasteiger partial charge in [-0.25, -0.2) is 0 Å². The first kappa shape index (κ1) is 15.9. The summed E-state index contributed by atoms with van der Waals surface area (Å²) in [6, 6.07) is -0.748. The summed E-state index contributed by atoms with van der Waals surface area (Å²) in [6.45, 7) is 0.282. The molecule has 19 heavy (non-hydrogen) atoms. The average molecular weight is 272 g/mol. The van der Waals surface area contributed by atoms with Crippen LogP contribution in [0.2, 0.25) is 0 Å². The third-order valence-electron chi connectivity index (χ3n) is 3.80. The minimum Gasteiger partial charge on any atom is -0.481 e. The Balaban J connectivity index is 2.58. The molecular formula is C13H24N2O4. The van der Waals surface area contributed by atoms with Crippen molar-refractivity contribution >= 4 is 11.9 Å². The Bertz CT molecular complexity index is 312. The van der Waals surface area contributed by atoms with Crippen LogP contribution in [0.25, 0.3) is 0 Å². The van der Waals surface area contributed by atoms with Gasteiger partial charge in [-0.1, -0.05) is 25.7 Å². The predicted molar refractivity (Wildman–Crippen MR) is 70.6 cm³/mol. The van der Waals surface area contributed by atoms with E-state index in [4.69, 9.17) is 10.5 Å². The number of carbonyl (C=O) groups excluding carboxylic acids is 1. The van der Waals surface area contributed by atoms with E-state index in [0.29, 0.717) is 12.8 Å². The number of methoxy groups -OCH3 is 1. The van der Waals surface area contributed by atoms with Gasteiger partial charge in [-0.3, -0.25) is 9.59 Å². The monoisotopic (exact) mass is 272 g/mol. The summed E-state index contributed by atoms with van der Waals surface area (Å²) in [5, 5.41) is 12.1. The second kappa shape index (κ2) is 7.45. The maximum atomic E-state index is 11.7. The number of carboxylic acid groups (broad SMARTS) is 1. The lowest BCUT2D eigenvalue weighted by Crippen LogP contribution is -2.49. The van der Waals surface area contributed by atoms with Gasteiger partial charge in [0.1, 0.15) is 6.04 Å². The van der Waals surface area contributed by atoms with Gasteiger partial charge in [0.2, 0.25) is 5.91 Å². The topological polar surface area (TPSA) is 102 Å². The Morgan fingerprint density at radius 3 is 2.37 bits per heavy atom. The first-order valence-electron chi connectivity index (χ1n) is 6.77. The van der Waals surface area contributed by atoms with Crippen LogP contribution < -0.4 is 11.1 Å². The fourth-order valence-electron chi connectivity index (χ4n) is 2.51. The van der Waals surface area contributed by atoms with Crippen molar-refractivity contribution < 1.29 is 19.4 Å². The number of nitrogens with two attached hydrogens (primary N) is 1. The molecule has 0 aromatic rings. The highest BCUT2D eigenvalue weighted by atomic mass is 16.5. The van der Waals surface area contributed by atoms with Crippen LogP contribution >= 0.6 is 0 Å². The van der Waals surface area contributed by atoms with Gasteiger partial charge in [-0.15, -0.1) is 0 Å². The maximum Gasteiger partial charge on any atom is 0.311 e. The van der Waals surface area contributed by atoms with Crippen LogP contribution in [-0.2, 0) is 14.3 Å². The van der Waals surface area contributed by atoms with Gasteiger partial charge in [-0.2, -0.15) is 0 Å². The van der Waals surface area contributed by atoms with Gasteiger partial charge >= 0.3 is 5.97 Å². The normalized spacial score (nSPS) is 20.3. The number of hydrogen-bond donors (Lipinski definition) is 3. The molecule has 1 aliphatic carbocycles. The smallest absolute Gasteiger partial charge is 0.311 e. The zero-order chi connectivity index (χ0) is 14.3. The molecule has 0 radical (unpaired) electrons. The zero-order valence-corrected chi connectivity index (χ0v) is 11.5. The van der Waals surface area contributed by atoms with Crippen LogP contribution in [0, 0.1) is 5.41 Å². The fourth-order valence-corrected chi connectivity index (χ4v) is 2.51. The minimum absolute atomic E-state index is 0.131. The standard InChI is InChI=1S/C13H24N2O4/c1-19-8-10(14)11(16)15-9-13(12(17)18)6-4-2-3-5-7-13/h10H,2-9,14H2,1H3,(H,15,16)(H,17,18). The molecule has 0 bridgehead atoms. The van der Waals surface area contributed by atoms with Gasteiger partial charge in [-0.05, 0) is 12.8 Å². The van der Waals surface area contributed by atoms with Crippen LogP contribution in [0.1, 0.15) is 38.5 Å². The highest BCUT2D eigenvalue weighted by molar-refractivity contribution is 5.83. The number of ether oxygens (including phenoxy) is 1. The van der Waals surface area contributed by atoms with Gasteiger partial charge in [0.25, 0.3) is 0 Å². The molecule has 1 aliphatic rings. The molecule has 0 heterocycles. The molecule has 110 valence electrons. The van der Waals surface area contributed by atoms with Crippen molar-refractivity contribution in [2.45, 2.75) is 44.6 Å². The maximum absolute atomic E-state index is 11.7. The van der Waals surface area contributed by atoms with Crippen molar-refractivity contribution in [3.63, 3.8) is 0 Å². The Morgan fingerprint density at radius 1 is 1.32 bits per heavy atom. The Hall–Kier alpha value is -1.14. The second-order valence-corrected chi connectivity index (χ2v) is 5.28. The summed E-state index contributed by atoms with van der Waals surface area (Å²) in [4.78, 5) is 23.2. The van der Waals surface area contributed by atoms with Crippen molar-refractivity contribution in [3.05, 3.63) is 0 Å². The predicted octanol–water partition coefficient (Wildman–Crippen LogP) is 0.502. The lowest BCUT2D eigenvalue weighted by molar-refractivity contribution is -0.149. The molecular weight excluding hydrogens is 248 g/mol. The van der Waals surface area contributed by atoms with E-state index in [1.54, 1.807) is 0 Å². The summed E-state index contributed by atoms with van der Waals surface area (Å²) in [6.07, 6.45) is 5.14. The van der Waals surface area contributed by atoms with Crippen LogP contribution in [0.3, 0.4) is 0 Å². The first-order chi connectivity index (χ1) is 9.02. The van der Waals surface area contributed by atoms with Crippen molar-refractivity contribution in [2.24, 2.45) is 11.1 Å². The highest BCUT2D eigenvalue weighted by Gasteiger charge is 2.39. The quantitative estimate of drug-likeness (QED) is 0.611. The summed E-state index contributed by atoms with van der Waals surface area (Å²) < 4.78 is 4.81. The number of carbonyl (C=O) groups is 2. The van der Waals surface area contributed by atoms with Crippen LogP contribution in [0.5, 0.6) is 0 Å². The number of carboxylic acids is 1. The molecule has 1 unspecified atom stereocenters. The Kier molecular flexibility index (Phi) is 6.24. The summed E-state index contributed by atoms with van der Waals surface area (Å²) in [5.74, 6) is -1.18. The molecule has 4 N–H and O–H groups in total. The van der Waals surface area contributed by atoms with Gasteiger partial charge in [0, 0.05) is 13.7 Å². The van der Waals surface area contributed by atoms with Crippen LogP contribution in [0.15, 0.2) is 0 Å². The Morgan fingerprint density at radius 2 is 1.89 bits per heavy atom. The molecule has 1 fully saturated rings. The van der Waals surface area contributed by atoms with E-state index < -0.39 is 17.4 Å². The number of rotatable bonds is 6. The zero-order valence-electron chi connectivity index (χ0n) is 11.5.